The molecule has 3 atom stereocenters. The van der Waals surface area contributed by atoms with Gasteiger partial charge >= 0.3 is 0 Å². The fourth-order valence-electron chi connectivity index (χ4n) is 0.889. The van der Waals surface area contributed by atoms with E-state index in [9.17, 15) is 9.90 Å². The van der Waals surface area contributed by atoms with E-state index in [0.29, 0.717) is 5.75 Å². The molecule has 0 aromatic carbocycles. The Hall–Kier alpha value is -0.140. The van der Waals surface area contributed by atoms with Crippen molar-refractivity contribution in [3.05, 3.63) is 0 Å². The van der Waals surface area contributed by atoms with Gasteiger partial charge in [0.15, 0.2) is 5.12 Å². The molecule has 0 fully saturated rings. The molecular weight excluding hydrogens is 206 g/mol. The molecule has 6 heteroatoms. The number of aliphatic hydroxyl groups excluding tert-OH is 2. The second kappa shape index (κ2) is 7.19. The minimum Gasteiger partial charge on any atom is -0.395 e. The average molecular weight is 223 g/mol. The third-order valence-electron chi connectivity index (χ3n) is 1.78. The van der Waals surface area contributed by atoms with E-state index < -0.39 is 18.2 Å². The van der Waals surface area contributed by atoms with Crippen LogP contribution in [0.25, 0.3) is 0 Å². The van der Waals surface area contributed by atoms with Crippen molar-refractivity contribution in [2.24, 2.45) is 5.73 Å². The maximum atomic E-state index is 10.7. The Kier molecular flexibility index (Phi) is 7.12. The van der Waals surface area contributed by atoms with E-state index in [1.165, 1.54) is 14.0 Å². The highest BCUT2D eigenvalue weighted by Gasteiger charge is 2.25. The third kappa shape index (κ3) is 4.92. The first-order valence-corrected chi connectivity index (χ1v) is 5.22. The van der Waals surface area contributed by atoms with Gasteiger partial charge in [0, 0.05) is 19.8 Å². The Morgan fingerprint density at radius 2 is 2.21 bits per heavy atom. The van der Waals surface area contributed by atoms with Crippen LogP contribution in [-0.2, 0) is 9.53 Å². The Balaban J connectivity index is 4.04. The lowest BCUT2D eigenvalue weighted by atomic mass is 10.1. The van der Waals surface area contributed by atoms with Crippen LogP contribution in [0, 0.1) is 0 Å². The van der Waals surface area contributed by atoms with Crippen LogP contribution in [0.5, 0.6) is 0 Å². The van der Waals surface area contributed by atoms with Crippen molar-refractivity contribution in [1.82, 2.24) is 0 Å². The number of hydrogen-bond acceptors (Lipinski definition) is 6. The fraction of sp³-hybridized carbons (Fsp3) is 0.875. The molecule has 0 aliphatic carbocycles. The van der Waals surface area contributed by atoms with Gasteiger partial charge < -0.3 is 20.7 Å². The first kappa shape index (κ1) is 13.9. The maximum Gasteiger partial charge on any atom is 0.185 e. The maximum absolute atomic E-state index is 10.7. The van der Waals surface area contributed by atoms with Crippen molar-refractivity contribution in [3.63, 3.8) is 0 Å². The molecule has 1 unspecified atom stereocenters. The number of methoxy groups -OCH3 is 1. The van der Waals surface area contributed by atoms with E-state index in [4.69, 9.17) is 15.6 Å². The van der Waals surface area contributed by atoms with Gasteiger partial charge in [-0.15, -0.1) is 0 Å². The van der Waals surface area contributed by atoms with Gasteiger partial charge in [-0.25, -0.2) is 0 Å². The Morgan fingerprint density at radius 1 is 1.64 bits per heavy atom. The summed E-state index contributed by atoms with van der Waals surface area (Å²) in [6.45, 7) is 1.13. The van der Waals surface area contributed by atoms with Crippen molar-refractivity contribution in [1.29, 1.82) is 0 Å². The highest BCUT2D eigenvalue weighted by molar-refractivity contribution is 8.13. The normalized spacial score (nSPS) is 17.5. The molecule has 0 radical (unpaired) electrons. The van der Waals surface area contributed by atoms with Crippen LogP contribution in [0.15, 0.2) is 0 Å². The number of ether oxygens (including phenoxy) is 1. The smallest absolute Gasteiger partial charge is 0.185 e. The monoisotopic (exact) mass is 223 g/mol. The Bertz CT molecular complexity index is 179. The third-order valence-corrected chi connectivity index (χ3v) is 2.69. The predicted octanol–water partition coefficient (Wildman–Crippen LogP) is -1.04. The number of carbonyl (C=O) groups is 1. The Morgan fingerprint density at radius 3 is 2.57 bits per heavy atom. The van der Waals surface area contributed by atoms with Crippen molar-refractivity contribution in [3.8, 4) is 0 Å². The number of carbonyl (C=O) groups excluding carboxylic acids is 1. The van der Waals surface area contributed by atoms with E-state index in [2.05, 4.69) is 0 Å². The molecule has 84 valence electrons. The van der Waals surface area contributed by atoms with Crippen LogP contribution in [0.2, 0.25) is 0 Å². The lowest BCUT2D eigenvalue weighted by Crippen LogP contribution is -2.47. The van der Waals surface area contributed by atoms with E-state index >= 15 is 0 Å². The number of nitrogens with two attached hydrogens (primary N) is 1. The minimum atomic E-state index is -0.961. The van der Waals surface area contributed by atoms with Gasteiger partial charge in [0.25, 0.3) is 0 Å². The molecule has 0 amide bonds. The van der Waals surface area contributed by atoms with Crippen molar-refractivity contribution >= 4 is 16.9 Å². The van der Waals surface area contributed by atoms with Crippen LogP contribution in [0.3, 0.4) is 0 Å². The number of aliphatic hydroxyl groups is 2. The van der Waals surface area contributed by atoms with Crippen molar-refractivity contribution in [2.75, 3.05) is 19.5 Å². The topological polar surface area (TPSA) is 92.8 Å². The molecular formula is C8H17NO4S. The second-order valence-corrected chi connectivity index (χ2v) is 4.11. The molecule has 0 bridgehead atoms. The number of rotatable bonds is 6. The lowest BCUT2D eigenvalue weighted by molar-refractivity contribution is -0.109. The van der Waals surface area contributed by atoms with Gasteiger partial charge in [-0.1, -0.05) is 11.8 Å². The minimum absolute atomic E-state index is 0.0446. The zero-order valence-electron chi connectivity index (χ0n) is 8.34. The molecule has 0 aliphatic heterocycles. The lowest BCUT2D eigenvalue weighted by Gasteiger charge is -2.24. The molecule has 0 aromatic heterocycles. The van der Waals surface area contributed by atoms with E-state index in [0.717, 1.165) is 11.8 Å². The molecule has 5 nitrogen and oxygen atoms in total. The first-order valence-electron chi connectivity index (χ1n) is 4.23. The number of thioether (sulfide) groups is 1. The van der Waals surface area contributed by atoms with Crippen LogP contribution in [-0.4, -0.2) is 53.0 Å². The molecule has 0 saturated heterocycles. The van der Waals surface area contributed by atoms with Gasteiger partial charge in [0.1, 0.15) is 0 Å². The van der Waals surface area contributed by atoms with Crippen LogP contribution in [0.1, 0.15) is 6.92 Å². The molecule has 0 spiro atoms. The molecule has 0 heterocycles. The van der Waals surface area contributed by atoms with Gasteiger partial charge in [-0.2, -0.15) is 0 Å². The predicted molar refractivity (Wildman–Crippen MR) is 55.0 cm³/mol. The number of hydrogen-bond donors (Lipinski definition) is 3. The second-order valence-electron chi connectivity index (χ2n) is 2.91. The van der Waals surface area contributed by atoms with Crippen LogP contribution < -0.4 is 5.73 Å². The van der Waals surface area contributed by atoms with Gasteiger partial charge in [0.2, 0.25) is 0 Å². The molecule has 14 heavy (non-hydrogen) atoms. The van der Waals surface area contributed by atoms with Gasteiger partial charge in [0.05, 0.1) is 24.9 Å². The molecule has 4 N–H and O–H groups in total. The molecule has 0 saturated carbocycles. The summed E-state index contributed by atoms with van der Waals surface area (Å²) in [6.07, 6.45) is -1.50. The Labute approximate surface area is 87.6 Å². The van der Waals surface area contributed by atoms with Crippen LogP contribution >= 0.6 is 11.8 Å². The highest BCUT2D eigenvalue weighted by Crippen LogP contribution is 2.11. The summed E-state index contributed by atoms with van der Waals surface area (Å²) in [6, 6.07) is -0.743. The van der Waals surface area contributed by atoms with Gasteiger partial charge in [-0.3, -0.25) is 4.79 Å². The largest absolute Gasteiger partial charge is 0.395 e. The summed E-state index contributed by atoms with van der Waals surface area (Å²) in [4.78, 5) is 10.7. The van der Waals surface area contributed by atoms with Crippen molar-refractivity contribution in [2.45, 2.75) is 25.2 Å². The van der Waals surface area contributed by atoms with Gasteiger partial charge in [-0.05, 0) is 0 Å². The summed E-state index contributed by atoms with van der Waals surface area (Å²) in [5.41, 5.74) is 5.43. The zero-order chi connectivity index (χ0) is 11.1. The van der Waals surface area contributed by atoms with Crippen LogP contribution in [0.4, 0.5) is 0 Å². The summed E-state index contributed by atoms with van der Waals surface area (Å²) < 4.78 is 4.97. The van der Waals surface area contributed by atoms with Crippen molar-refractivity contribution < 1.29 is 19.7 Å². The van der Waals surface area contributed by atoms with E-state index in [1.54, 1.807) is 0 Å². The average Bonchev–Trinajstić information content (AvgIpc) is 2.16. The molecule has 0 rings (SSSR count). The van der Waals surface area contributed by atoms with E-state index in [-0.39, 0.29) is 11.7 Å². The zero-order valence-corrected chi connectivity index (χ0v) is 9.16. The standard InChI is InChI=1S/C8H17NO4S/c1-5(11)14-4-7(13-2)8(12)6(9)3-10/h6-8,10,12H,3-4,9H2,1-2H3/t6-,7?,8-/m1/s1. The first-order chi connectivity index (χ1) is 6.52. The highest BCUT2D eigenvalue weighted by atomic mass is 32.2. The summed E-state index contributed by atoms with van der Waals surface area (Å²) in [5.74, 6) is 0.334. The van der Waals surface area contributed by atoms with E-state index in [1.807, 2.05) is 0 Å². The summed E-state index contributed by atoms with van der Waals surface area (Å²) in [5, 5.41) is 18.2. The fourth-order valence-corrected chi connectivity index (χ4v) is 1.62. The SMILES string of the molecule is COC(CSC(C)=O)[C@H](O)[C@H](N)CO. The quantitative estimate of drug-likeness (QED) is 0.533. The molecule has 0 aliphatic rings. The summed E-state index contributed by atoms with van der Waals surface area (Å²) >= 11 is 1.06. The summed E-state index contributed by atoms with van der Waals surface area (Å²) in [7, 11) is 1.43. The molecule has 0 aromatic rings.